The topological polar surface area (TPSA) is 130 Å². The first-order chi connectivity index (χ1) is 15.4. The molecular weight excluding hydrogens is 413 g/mol. The third-order valence-electron chi connectivity index (χ3n) is 6.29. The molecule has 4 rings (SSSR count). The predicted octanol–water partition coefficient (Wildman–Crippen LogP) is 2.68. The van der Waals surface area contributed by atoms with Crippen LogP contribution in [0.2, 0.25) is 0 Å². The molecule has 168 valence electrons. The Labute approximate surface area is 185 Å². The highest BCUT2D eigenvalue weighted by Crippen LogP contribution is 2.37. The molecule has 10 heteroatoms. The molecule has 1 saturated heterocycles. The molecule has 3 heterocycles. The number of nitrogens with two attached hydrogens (primary N) is 1. The van der Waals surface area contributed by atoms with Gasteiger partial charge in [-0.05, 0) is 44.1 Å². The number of nitriles is 1. The minimum absolute atomic E-state index is 0.144. The highest BCUT2D eigenvalue weighted by molar-refractivity contribution is 5.98. The molecule has 0 radical (unpaired) electrons. The summed E-state index contributed by atoms with van der Waals surface area (Å²) in [4.78, 5) is 30.1. The average Bonchev–Trinajstić information content (AvgIpc) is 3.50. The molecule has 1 saturated carbocycles. The number of aromatic nitrogens is 3. The second kappa shape index (κ2) is 8.94. The molecule has 1 aliphatic heterocycles. The van der Waals surface area contributed by atoms with E-state index in [0.717, 1.165) is 19.3 Å². The van der Waals surface area contributed by atoms with Crippen LogP contribution < -0.4 is 11.1 Å². The first kappa shape index (κ1) is 21.7. The number of amides is 2. The molecule has 1 aliphatic carbocycles. The van der Waals surface area contributed by atoms with Crippen LogP contribution in [0.5, 0.6) is 0 Å². The maximum Gasteiger partial charge on any atom is 0.254 e. The zero-order valence-corrected chi connectivity index (χ0v) is 17.8. The van der Waals surface area contributed by atoms with Gasteiger partial charge in [-0.2, -0.15) is 14.8 Å². The lowest BCUT2D eigenvalue weighted by molar-refractivity contribution is -0.131. The number of nitrogens with one attached hydrogen (secondary N) is 1. The summed E-state index contributed by atoms with van der Waals surface area (Å²) in [5.41, 5.74) is 5.41. The number of rotatable bonds is 7. The number of halogens is 1. The van der Waals surface area contributed by atoms with Crippen molar-refractivity contribution in [3.05, 3.63) is 36.0 Å². The van der Waals surface area contributed by atoms with Crippen LogP contribution in [0.15, 0.2) is 24.5 Å². The van der Waals surface area contributed by atoms with Crippen LogP contribution in [0, 0.1) is 23.2 Å². The van der Waals surface area contributed by atoms with E-state index in [1.54, 1.807) is 16.9 Å². The van der Waals surface area contributed by atoms with E-state index in [1.165, 1.54) is 12.3 Å². The average molecular weight is 439 g/mol. The molecule has 2 fully saturated rings. The van der Waals surface area contributed by atoms with Crippen molar-refractivity contribution in [2.24, 2.45) is 11.7 Å². The molecular formula is C22H26FN7O2. The zero-order chi connectivity index (χ0) is 22.7. The highest BCUT2D eigenvalue weighted by atomic mass is 19.1. The second-order valence-corrected chi connectivity index (χ2v) is 8.63. The fraction of sp³-hybridized carbons (Fsp3) is 0.500. The maximum absolute atomic E-state index is 13.5. The van der Waals surface area contributed by atoms with Gasteiger partial charge in [0.05, 0.1) is 18.0 Å². The van der Waals surface area contributed by atoms with Crippen molar-refractivity contribution in [1.29, 1.82) is 5.26 Å². The Balaban J connectivity index is 1.60. The van der Waals surface area contributed by atoms with Gasteiger partial charge < -0.3 is 16.0 Å². The molecule has 2 aromatic heterocycles. The fourth-order valence-corrected chi connectivity index (χ4v) is 4.27. The lowest BCUT2D eigenvalue weighted by Gasteiger charge is -2.31. The van der Waals surface area contributed by atoms with Crippen LogP contribution in [-0.4, -0.2) is 44.6 Å². The van der Waals surface area contributed by atoms with E-state index >= 15 is 0 Å². The van der Waals surface area contributed by atoms with Crippen LogP contribution in [0.3, 0.4) is 0 Å². The molecule has 0 aromatic carbocycles. The van der Waals surface area contributed by atoms with Gasteiger partial charge in [0.2, 0.25) is 11.9 Å². The van der Waals surface area contributed by atoms with Gasteiger partial charge >= 0.3 is 0 Å². The summed E-state index contributed by atoms with van der Waals surface area (Å²) in [6.07, 6.45) is 7.77. The number of hydrogen-bond donors (Lipinski definition) is 2. The molecule has 0 spiro atoms. The lowest BCUT2D eigenvalue weighted by Crippen LogP contribution is -2.37. The smallest absolute Gasteiger partial charge is 0.254 e. The molecule has 0 bridgehead atoms. The van der Waals surface area contributed by atoms with Crippen molar-refractivity contribution in [3.8, 4) is 6.07 Å². The van der Waals surface area contributed by atoms with Crippen LogP contribution in [0.1, 0.15) is 55.3 Å². The Kier molecular flexibility index (Phi) is 6.08. The Morgan fingerprint density at radius 1 is 1.34 bits per heavy atom. The third kappa shape index (κ3) is 4.72. The van der Waals surface area contributed by atoms with Gasteiger partial charge in [-0.15, -0.1) is 0 Å². The molecule has 32 heavy (non-hydrogen) atoms. The van der Waals surface area contributed by atoms with Gasteiger partial charge in [-0.25, -0.2) is 4.98 Å². The van der Waals surface area contributed by atoms with E-state index in [9.17, 15) is 19.2 Å². The minimum atomic E-state index is -0.685. The summed E-state index contributed by atoms with van der Waals surface area (Å²) in [6, 6.07) is 4.98. The van der Waals surface area contributed by atoms with Crippen molar-refractivity contribution < 1.29 is 14.0 Å². The molecule has 1 atom stereocenters. The summed E-state index contributed by atoms with van der Waals surface area (Å²) in [5, 5.41) is 17.0. The van der Waals surface area contributed by atoms with Crippen molar-refractivity contribution in [3.63, 3.8) is 0 Å². The molecule has 3 N–H and O–H groups in total. The Morgan fingerprint density at radius 2 is 2.16 bits per heavy atom. The van der Waals surface area contributed by atoms with Crippen molar-refractivity contribution in [1.82, 2.24) is 19.7 Å². The van der Waals surface area contributed by atoms with E-state index in [1.807, 2.05) is 4.90 Å². The predicted molar refractivity (Wildman–Crippen MR) is 114 cm³/mol. The summed E-state index contributed by atoms with van der Waals surface area (Å²) in [5.74, 6) is -0.483. The van der Waals surface area contributed by atoms with Crippen molar-refractivity contribution >= 4 is 23.3 Å². The number of anilines is 2. The maximum atomic E-state index is 13.5. The van der Waals surface area contributed by atoms with Gasteiger partial charge in [0, 0.05) is 43.7 Å². The second-order valence-electron chi connectivity index (χ2n) is 8.63. The third-order valence-corrected chi connectivity index (χ3v) is 6.29. The SMILES string of the molecule is N#CCC1(n2cc(C(N)=O)c(Nc3ccnc(F)c3)n2)CCCN(C(=O)CC2CC2)CC1. The lowest BCUT2D eigenvalue weighted by atomic mass is 9.87. The number of likely N-dealkylation sites (tertiary alicyclic amines) is 1. The Bertz CT molecular complexity index is 1060. The molecule has 9 nitrogen and oxygen atoms in total. The number of hydrogen-bond acceptors (Lipinski definition) is 6. The molecule has 1 unspecified atom stereocenters. The van der Waals surface area contributed by atoms with Crippen molar-refractivity contribution in [2.45, 2.75) is 50.5 Å². The summed E-state index contributed by atoms with van der Waals surface area (Å²) < 4.78 is 15.1. The number of pyridine rings is 1. The Morgan fingerprint density at radius 3 is 2.84 bits per heavy atom. The quantitative estimate of drug-likeness (QED) is 0.638. The van der Waals surface area contributed by atoms with Gasteiger partial charge in [0.15, 0.2) is 5.82 Å². The van der Waals surface area contributed by atoms with E-state index in [2.05, 4.69) is 21.5 Å². The first-order valence-electron chi connectivity index (χ1n) is 10.8. The zero-order valence-electron chi connectivity index (χ0n) is 17.8. The van der Waals surface area contributed by atoms with E-state index < -0.39 is 17.4 Å². The minimum Gasteiger partial charge on any atom is -0.365 e. The largest absolute Gasteiger partial charge is 0.365 e. The summed E-state index contributed by atoms with van der Waals surface area (Å²) in [6.45, 7) is 1.17. The van der Waals surface area contributed by atoms with E-state index in [0.29, 0.717) is 44.0 Å². The highest BCUT2D eigenvalue weighted by Gasteiger charge is 2.38. The number of carbonyl (C=O) groups is 2. The summed E-state index contributed by atoms with van der Waals surface area (Å²) >= 11 is 0. The van der Waals surface area contributed by atoms with Crippen molar-refractivity contribution in [2.75, 3.05) is 18.4 Å². The van der Waals surface area contributed by atoms with Crippen LogP contribution >= 0.6 is 0 Å². The summed E-state index contributed by atoms with van der Waals surface area (Å²) in [7, 11) is 0. The van der Waals surface area contributed by atoms with E-state index in [-0.39, 0.29) is 23.7 Å². The normalized spacial score (nSPS) is 20.9. The van der Waals surface area contributed by atoms with Crippen LogP contribution in [0.25, 0.3) is 0 Å². The van der Waals surface area contributed by atoms with Gasteiger partial charge in [0.1, 0.15) is 5.56 Å². The van der Waals surface area contributed by atoms with Gasteiger partial charge in [-0.1, -0.05) is 0 Å². The molecule has 2 amide bonds. The molecule has 2 aliphatic rings. The standard InChI is InChI=1S/C22H26FN7O2/c23-18-13-16(4-9-26-18)27-21-17(20(25)32)14-30(28-21)22(6-8-24)5-1-10-29(11-7-22)19(31)12-15-2-3-15/h4,9,13-15H,1-3,5-7,10-12H2,(H2,25,32)(H,26,27,28). The van der Waals surface area contributed by atoms with Crippen LogP contribution in [0.4, 0.5) is 15.9 Å². The van der Waals surface area contributed by atoms with E-state index in [4.69, 9.17) is 5.73 Å². The Hall–Kier alpha value is -3.48. The van der Waals surface area contributed by atoms with Gasteiger partial charge in [-0.3, -0.25) is 14.3 Å². The monoisotopic (exact) mass is 439 g/mol. The fourth-order valence-electron chi connectivity index (χ4n) is 4.27. The number of carbonyl (C=O) groups excluding carboxylic acids is 2. The van der Waals surface area contributed by atoms with Gasteiger partial charge in [0.25, 0.3) is 5.91 Å². The molecule has 2 aromatic rings. The number of nitrogens with zero attached hydrogens (tertiary/aromatic N) is 5. The number of primary amides is 1. The first-order valence-corrected chi connectivity index (χ1v) is 10.8. The van der Waals surface area contributed by atoms with Crippen LogP contribution in [-0.2, 0) is 10.3 Å².